The van der Waals surface area contributed by atoms with Gasteiger partial charge in [-0.3, -0.25) is 9.69 Å². The fourth-order valence-electron chi connectivity index (χ4n) is 5.09. The largest absolute Gasteiger partial charge is 0.496 e. The Morgan fingerprint density at radius 1 is 1.23 bits per heavy atom. The number of primary amides is 1. The molecule has 30 heavy (non-hydrogen) atoms. The molecule has 0 bridgehead atoms. The summed E-state index contributed by atoms with van der Waals surface area (Å²) in [7, 11) is 1.43. The number of rotatable bonds is 7. The molecule has 0 saturated carbocycles. The highest BCUT2D eigenvalue weighted by Crippen LogP contribution is 2.57. The minimum atomic E-state index is -0.767. The standard InChI is InChI=1S/C23H27FN2O3S/c1-28-19-13-17(24)12-18(20(19)21(25)27)23(30-2,16-8-4-3-5-9-16)22(14-29-15-22)26-10-6-7-11-26/h3-5,8-9,12-13H,6-7,10-11,14-15H2,1-2H3,(H2,25,27). The van der Waals surface area contributed by atoms with Crippen LogP contribution < -0.4 is 10.5 Å². The van der Waals surface area contributed by atoms with Crippen molar-refractivity contribution in [1.82, 2.24) is 4.90 Å². The molecular formula is C23H27FN2O3S. The summed E-state index contributed by atoms with van der Waals surface area (Å²) in [5.74, 6) is -0.935. The van der Waals surface area contributed by atoms with Crippen molar-refractivity contribution in [1.29, 1.82) is 0 Å². The second kappa shape index (κ2) is 8.21. The molecular weight excluding hydrogens is 403 g/mol. The molecule has 2 heterocycles. The number of amides is 1. The molecule has 0 radical (unpaired) electrons. The van der Waals surface area contributed by atoms with E-state index in [4.69, 9.17) is 15.2 Å². The van der Waals surface area contributed by atoms with Crippen LogP contribution in [0.25, 0.3) is 0 Å². The molecule has 4 rings (SSSR count). The second-order valence-electron chi connectivity index (χ2n) is 7.86. The molecule has 0 spiro atoms. The predicted octanol–water partition coefficient (Wildman–Crippen LogP) is 3.40. The first kappa shape index (κ1) is 21.2. The topological polar surface area (TPSA) is 64.8 Å². The van der Waals surface area contributed by atoms with Crippen LogP contribution in [0.1, 0.15) is 34.3 Å². The number of nitrogens with zero attached hydrogens (tertiary/aromatic N) is 1. The number of carbonyl (C=O) groups excluding carboxylic acids is 1. The third kappa shape index (κ3) is 3.02. The van der Waals surface area contributed by atoms with Crippen molar-refractivity contribution >= 4 is 17.7 Å². The van der Waals surface area contributed by atoms with Gasteiger partial charge in [0, 0.05) is 6.07 Å². The van der Waals surface area contributed by atoms with Crippen molar-refractivity contribution in [3.05, 3.63) is 65.0 Å². The van der Waals surface area contributed by atoms with Gasteiger partial charge < -0.3 is 15.2 Å². The molecule has 0 aromatic heterocycles. The number of likely N-dealkylation sites (tertiary alicyclic amines) is 1. The summed E-state index contributed by atoms with van der Waals surface area (Å²) in [6, 6.07) is 12.6. The molecule has 2 aliphatic rings. The number of nitrogens with two attached hydrogens (primary N) is 1. The SMILES string of the molecule is COc1cc(F)cc(C(SC)(c2ccccc2)C2(N3CCCC3)COC2)c1C(N)=O. The van der Waals surface area contributed by atoms with Crippen molar-refractivity contribution in [2.24, 2.45) is 5.73 Å². The molecule has 1 amide bonds. The van der Waals surface area contributed by atoms with Gasteiger partial charge in [-0.25, -0.2) is 4.39 Å². The zero-order valence-corrected chi connectivity index (χ0v) is 18.1. The number of ether oxygens (including phenoxy) is 2. The lowest BCUT2D eigenvalue weighted by molar-refractivity contribution is -0.148. The Hall–Kier alpha value is -2.09. The Kier molecular flexibility index (Phi) is 5.79. The lowest BCUT2D eigenvalue weighted by Crippen LogP contribution is -2.71. The van der Waals surface area contributed by atoms with Gasteiger partial charge in [0.25, 0.3) is 5.91 Å². The number of thioether (sulfide) groups is 1. The molecule has 2 aromatic carbocycles. The Balaban J connectivity index is 2.08. The van der Waals surface area contributed by atoms with Crippen LogP contribution in [-0.4, -0.2) is 56.0 Å². The lowest BCUT2D eigenvalue weighted by Gasteiger charge is -2.59. The van der Waals surface area contributed by atoms with E-state index in [1.807, 2.05) is 36.6 Å². The molecule has 0 aliphatic carbocycles. The average molecular weight is 431 g/mol. The van der Waals surface area contributed by atoms with Crippen LogP contribution in [0.15, 0.2) is 42.5 Å². The van der Waals surface area contributed by atoms with Crippen LogP contribution in [0.4, 0.5) is 4.39 Å². The summed E-state index contributed by atoms with van der Waals surface area (Å²) >= 11 is 1.60. The van der Waals surface area contributed by atoms with E-state index < -0.39 is 22.0 Å². The van der Waals surface area contributed by atoms with Gasteiger partial charge in [0.15, 0.2) is 0 Å². The number of hydrogen-bond acceptors (Lipinski definition) is 5. The summed E-state index contributed by atoms with van der Waals surface area (Å²) in [4.78, 5) is 15.1. The van der Waals surface area contributed by atoms with Crippen molar-refractivity contribution in [3.8, 4) is 5.75 Å². The zero-order valence-electron chi connectivity index (χ0n) is 17.3. The summed E-state index contributed by atoms with van der Waals surface area (Å²) in [5, 5.41) is 0. The van der Waals surface area contributed by atoms with Crippen LogP contribution in [-0.2, 0) is 9.48 Å². The van der Waals surface area contributed by atoms with Gasteiger partial charge in [0.05, 0.1) is 36.2 Å². The van der Waals surface area contributed by atoms with Gasteiger partial charge in [0.1, 0.15) is 11.6 Å². The molecule has 2 aromatic rings. The quantitative estimate of drug-likeness (QED) is 0.729. The van der Waals surface area contributed by atoms with E-state index >= 15 is 0 Å². The summed E-state index contributed by atoms with van der Waals surface area (Å²) < 4.78 is 25.3. The molecule has 2 fully saturated rings. The van der Waals surface area contributed by atoms with Crippen molar-refractivity contribution in [3.63, 3.8) is 0 Å². The van der Waals surface area contributed by atoms with Gasteiger partial charge in [-0.15, -0.1) is 11.8 Å². The molecule has 1 atom stereocenters. The number of halogens is 1. The molecule has 2 N–H and O–H groups in total. The Labute approximate surface area is 180 Å². The Morgan fingerprint density at radius 3 is 2.40 bits per heavy atom. The number of hydrogen-bond donors (Lipinski definition) is 1. The van der Waals surface area contributed by atoms with Gasteiger partial charge in [0.2, 0.25) is 0 Å². The molecule has 7 heteroatoms. The molecule has 2 aliphatic heterocycles. The summed E-state index contributed by atoms with van der Waals surface area (Å²) in [5.41, 5.74) is 7.16. The van der Waals surface area contributed by atoms with Crippen LogP contribution in [0.3, 0.4) is 0 Å². The second-order valence-corrected chi connectivity index (χ2v) is 8.89. The average Bonchev–Trinajstić information content (AvgIpc) is 3.25. The van der Waals surface area contributed by atoms with Crippen molar-refractivity contribution in [2.45, 2.75) is 23.1 Å². The molecule has 1 unspecified atom stereocenters. The lowest BCUT2D eigenvalue weighted by atomic mass is 9.70. The monoisotopic (exact) mass is 430 g/mol. The van der Waals surface area contributed by atoms with E-state index in [9.17, 15) is 9.18 Å². The first-order valence-electron chi connectivity index (χ1n) is 10.1. The van der Waals surface area contributed by atoms with E-state index in [1.165, 1.54) is 19.2 Å². The maximum absolute atomic E-state index is 14.8. The van der Waals surface area contributed by atoms with Crippen LogP contribution in [0.5, 0.6) is 5.75 Å². The predicted molar refractivity (Wildman–Crippen MR) is 117 cm³/mol. The van der Waals surface area contributed by atoms with E-state index in [0.717, 1.165) is 31.5 Å². The van der Waals surface area contributed by atoms with Crippen LogP contribution in [0.2, 0.25) is 0 Å². The number of carbonyl (C=O) groups is 1. The Bertz CT molecular complexity index is 930. The summed E-state index contributed by atoms with van der Waals surface area (Å²) in [6.45, 7) is 2.88. The highest BCUT2D eigenvalue weighted by atomic mass is 32.2. The van der Waals surface area contributed by atoms with E-state index in [0.29, 0.717) is 18.8 Å². The van der Waals surface area contributed by atoms with Crippen LogP contribution >= 0.6 is 11.8 Å². The first-order valence-corrected chi connectivity index (χ1v) is 11.3. The van der Waals surface area contributed by atoms with Crippen molar-refractivity contribution < 1.29 is 18.7 Å². The van der Waals surface area contributed by atoms with Crippen LogP contribution in [0, 0.1) is 5.82 Å². The first-order chi connectivity index (χ1) is 14.5. The maximum Gasteiger partial charge on any atom is 0.252 e. The van der Waals surface area contributed by atoms with Gasteiger partial charge in [-0.2, -0.15) is 0 Å². The number of methoxy groups -OCH3 is 1. The van der Waals surface area contributed by atoms with E-state index in [1.54, 1.807) is 11.8 Å². The third-order valence-corrected chi connectivity index (χ3v) is 7.90. The smallest absolute Gasteiger partial charge is 0.252 e. The maximum atomic E-state index is 14.8. The Morgan fingerprint density at radius 2 is 1.90 bits per heavy atom. The van der Waals surface area contributed by atoms with E-state index in [-0.39, 0.29) is 11.3 Å². The fourth-order valence-corrected chi connectivity index (χ4v) is 6.47. The molecule has 160 valence electrons. The van der Waals surface area contributed by atoms with Gasteiger partial charge >= 0.3 is 0 Å². The van der Waals surface area contributed by atoms with Gasteiger partial charge in [-0.1, -0.05) is 30.3 Å². The molecule has 5 nitrogen and oxygen atoms in total. The highest BCUT2D eigenvalue weighted by Gasteiger charge is 2.62. The molecule has 2 saturated heterocycles. The highest BCUT2D eigenvalue weighted by molar-refractivity contribution is 7.99. The zero-order chi connectivity index (χ0) is 21.4. The number of benzene rings is 2. The third-order valence-electron chi connectivity index (χ3n) is 6.45. The summed E-state index contributed by atoms with van der Waals surface area (Å²) in [6.07, 6.45) is 4.22. The normalized spacial score (nSPS) is 20.4. The minimum Gasteiger partial charge on any atom is -0.496 e. The van der Waals surface area contributed by atoms with E-state index in [2.05, 4.69) is 4.90 Å². The fraction of sp³-hybridized carbons (Fsp3) is 0.435. The van der Waals surface area contributed by atoms with Gasteiger partial charge in [-0.05, 0) is 49.4 Å². The van der Waals surface area contributed by atoms with Crippen molar-refractivity contribution in [2.75, 3.05) is 39.7 Å². The minimum absolute atomic E-state index is 0.156.